The molecule has 0 bridgehead atoms. The van der Waals surface area contributed by atoms with Crippen molar-refractivity contribution < 1.29 is 14.3 Å². The van der Waals surface area contributed by atoms with Gasteiger partial charge in [-0.25, -0.2) is 10.1 Å². The van der Waals surface area contributed by atoms with Crippen molar-refractivity contribution in [2.75, 3.05) is 18.4 Å². The Bertz CT molecular complexity index is 673. The van der Waals surface area contributed by atoms with Crippen LogP contribution >= 0.6 is 12.4 Å². The predicted molar refractivity (Wildman–Crippen MR) is 82.9 cm³/mol. The van der Waals surface area contributed by atoms with Gasteiger partial charge >= 0.3 is 5.97 Å². The molecule has 1 aromatic carbocycles. The van der Waals surface area contributed by atoms with Gasteiger partial charge in [0.1, 0.15) is 6.33 Å². The molecular formula is C12H15ClN6O3. The first kappa shape index (κ1) is 17.2. The molecule has 0 aliphatic rings. The van der Waals surface area contributed by atoms with Crippen LogP contribution in [-0.2, 0) is 4.79 Å². The average Bonchev–Trinajstić information content (AvgIpc) is 2.85. The van der Waals surface area contributed by atoms with Gasteiger partial charge in [0.05, 0.1) is 13.3 Å². The lowest BCUT2D eigenvalue weighted by molar-refractivity contribution is -0.132. The van der Waals surface area contributed by atoms with Gasteiger partial charge in [-0.15, -0.1) is 22.6 Å². The van der Waals surface area contributed by atoms with Crippen molar-refractivity contribution in [2.24, 2.45) is 5.10 Å². The Balaban J connectivity index is 0.00000242. The lowest BCUT2D eigenvalue weighted by Crippen LogP contribution is -2.10. The molecule has 0 spiro atoms. The van der Waals surface area contributed by atoms with Crippen molar-refractivity contribution in [1.82, 2.24) is 14.9 Å². The van der Waals surface area contributed by atoms with Gasteiger partial charge in [0, 0.05) is 6.92 Å². The molecule has 0 aliphatic carbocycles. The molecule has 0 atom stereocenters. The number of nitrogen functional groups attached to an aromatic ring is 1. The van der Waals surface area contributed by atoms with E-state index in [0.717, 1.165) is 5.56 Å². The van der Waals surface area contributed by atoms with E-state index in [-0.39, 0.29) is 12.4 Å². The quantitative estimate of drug-likeness (QED) is 0.274. The van der Waals surface area contributed by atoms with Crippen molar-refractivity contribution in [3.8, 4) is 11.5 Å². The van der Waals surface area contributed by atoms with Crippen LogP contribution in [0.15, 0.2) is 29.6 Å². The molecule has 22 heavy (non-hydrogen) atoms. The molecule has 10 heteroatoms. The van der Waals surface area contributed by atoms with Crippen LogP contribution in [0.25, 0.3) is 0 Å². The molecule has 2 aromatic rings. The van der Waals surface area contributed by atoms with E-state index in [4.69, 9.17) is 15.3 Å². The molecule has 1 aromatic heterocycles. The summed E-state index contributed by atoms with van der Waals surface area (Å²) in [5, 5.41) is 11.3. The molecule has 0 fully saturated rings. The fourth-order valence-electron chi connectivity index (χ4n) is 1.49. The standard InChI is InChI=1S/C12H14N6O3.ClH/c1-8(19)21-10-4-3-9(5-11(10)20-2)6-14-16-12-17-15-7-18(12)13;/h3-7H,13H2,1-2H3,(H,16,17);1H/b14-6-;. The van der Waals surface area contributed by atoms with Crippen molar-refractivity contribution in [2.45, 2.75) is 6.92 Å². The Morgan fingerprint density at radius 1 is 1.45 bits per heavy atom. The number of carbonyl (C=O) groups is 1. The molecule has 1 heterocycles. The number of carbonyl (C=O) groups excluding carboxylic acids is 1. The number of rotatable bonds is 5. The summed E-state index contributed by atoms with van der Waals surface area (Å²) in [7, 11) is 1.48. The van der Waals surface area contributed by atoms with E-state index in [1.807, 2.05) is 0 Å². The summed E-state index contributed by atoms with van der Waals surface area (Å²) >= 11 is 0. The SMILES string of the molecule is COc1cc(/C=N\Nc2nncn2N)ccc1OC(C)=O.Cl. The van der Waals surface area contributed by atoms with E-state index in [2.05, 4.69) is 20.7 Å². The molecular weight excluding hydrogens is 312 g/mol. The highest BCUT2D eigenvalue weighted by Gasteiger charge is 2.07. The third-order valence-corrected chi connectivity index (χ3v) is 2.39. The van der Waals surface area contributed by atoms with E-state index in [0.29, 0.717) is 17.4 Å². The molecule has 0 aliphatic heterocycles. The summed E-state index contributed by atoms with van der Waals surface area (Å²) in [5.74, 6) is 6.17. The van der Waals surface area contributed by atoms with E-state index in [1.165, 1.54) is 31.3 Å². The van der Waals surface area contributed by atoms with Crippen LogP contribution in [0.5, 0.6) is 11.5 Å². The van der Waals surface area contributed by atoms with Crippen LogP contribution in [0.4, 0.5) is 5.95 Å². The van der Waals surface area contributed by atoms with Crippen LogP contribution in [0.1, 0.15) is 12.5 Å². The van der Waals surface area contributed by atoms with Gasteiger partial charge in [-0.1, -0.05) is 0 Å². The molecule has 0 unspecified atom stereocenters. The number of nitrogens with zero attached hydrogens (tertiary/aromatic N) is 4. The van der Waals surface area contributed by atoms with Crippen molar-refractivity contribution in [3.05, 3.63) is 30.1 Å². The van der Waals surface area contributed by atoms with Gasteiger partial charge in [-0.2, -0.15) is 5.10 Å². The number of nitrogens with one attached hydrogen (secondary N) is 1. The van der Waals surface area contributed by atoms with E-state index >= 15 is 0 Å². The number of nitrogens with two attached hydrogens (primary N) is 1. The Hall–Kier alpha value is -2.81. The van der Waals surface area contributed by atoms with Gasteiger partial charge < -0.3 is 15.3 Å². The molecule has 9 nitrogen and oxygen atoms in total. The zero-order valence-corrected chi connectivity index (χ0v) is 12.7. The second-order valence-electron chi connectivity index (χ2n) is 3.94. The first-order valence-electron chi connectivity index (χ1n) is 5.91. The number of aromatic nitrogens is 3. The molecule has 0 saturated carbocycles. The number of methoxy groups -OCH3 is 1. The van der Waals surface area contributed by atoms with E-state index < -0.39 is 5.97 Å². The monoisotopic (exact) mass is 326 g/mol. The topological polar surface area (TPSA) is 117 Å². The summed E-state index contributed by atoms with van der Waals surface area (Å²) in [6, 6.07) is 5.02. The zero-order chi connectivity index (χ0) is 15.2. The molecule has 0 radical (unpaired) electrons. The smallest absolute Gasteiger partial charge is 0.308 e. The summed E-state index contributed by atoms with van der Waals surface area (Å²) in [6.07, 6.45) is 2.88. The van der Waals surface area contributed by atoms with Crippen LogP contribution in [0, 0.1) is 0 Å². The number of benzene rings is 1. The number of halogens is 1. The van der Waals surface area contributed by atoms with Gasteiger partial charge in [0.25, 0.3) is 5.95 Å². The number of esters is 1. The summed E-state index contributed by atoms with van der Waals surface area (Å²) in [6.45, 7) is 1.32. The van der Waals surface area contributed by atoms with Gasteiger partial charge in [0.15, 0.2) is 11.5 Å². The molecule has 3 N–H and O–H groups in total. The van der Waals surface area contributed by atoms with Crippen molar-refractivity contribution in [1.29, 1.82) is 0 Å². The van der Waals surface area contributed by atoms with Crippen molar-refractivity contribution >= 4 is 30.5 Å². The zero-order valence-electron chi connectivity index (χ0n) is 11.9. The molecule has 118 valence electrons. The third-order valence-electron chi connectivity index (χ3n) is 2.39. The maximum atomic E-state index is 11.0. The predicted octanol–water partition coefficient (Wildman–Crippen LogP) is 0.794. The second-order valence-corrected chi connectivity index (χ2v) is 3.94. The van der Waals surface area contributed by atoms with Gasteiger partial charge in [-0.3, -0.25) is 4.79 Å². The normalized spacial score (nSPS) is 10.1. The van der Waals surface area contributed by atoms with E-state index in [9.17, 15) is 4.79 Å². The highest BCUT2D eigenvalue weighted by atomic mass is 35.5. The minimum atomic E-state index is -0.418. The number of ether oxygens (including phenoxy) is 2. The lowest BCUT2D eigenvalue weighted by Gasteiger charge is -2.08. The number of hydrogen-bond acceptors (Lipinski definition) is 8. The Labute approximate surface area is 132 Å². The Morgan fingerprint density at radius 2 is 2.23 bits per heavy atom. The average molecular weight is 327 g/mol. The molecule has 0 amide bonds. The summed E-state index contributed by atoms with van der Waals surface area (Å²) < 4.78 is 11.4. The largest absolute Gasteiger partial charge is 0.493 e. The van der Waals surface area contributed by atoms with Crippen molar-refractivity contribution in [3.63, 3.8) is 0 Å². The second kappa shape index (κ2) is 7.84. The Morgan fingerprint density at radius 3 is 2.82 bits per heavy atom. The first-order chi connectivity index (χ1) is 10.1. The van der Waals surface area contributed by atoms with Gasteiger partial charge in [-0.05, 0) is 23.8 Å². The molecule has 0 saturated heterocycles. The molecule has 2 rings (SSSR count). The first-order valence-corrected chi connectivity index (χ1v) is 5.91. The summed E-state index contributed by atoms with van der Waals surface area (Å²) in [4.78, 5) is 11.0. The van der Waals surface area contributed by atoms with Crippen LogP contribution in [0.2, 0.25) is 0 Å². The maximum Gasteiger partial charge on any atom is 0.308 e. The van der Waals surface area contributed by atoms with E-state index in [1.54, 1.807) is 18.2 Å². The summed E-state index contributed by atoms with van der Waals surface area (Å²) in [5.41, 5.74) is 3.37. The van der Waals surface area contributed by atoms with Crippen LogP contribution in [0.3, 0.4) is 0 Å². The fraction of sp³-hybridized carbons (Fsp3) is 0.167. The number of anilines is 1. The van der Waals surface area contributed by atoms with Crippen LogP contribution < -0.4 is 20.7 Å². The third kappa shape index (κ3) is 4.35. The minimum Gasteiger partial charge on any atom is -0.493 e. The van der Waals surface area contributed by atoms with Crippen LogP contribution in [-0.4, -0.2) is 34.2 Å². The number of hydrogen-bond donors (Lipinski definition) is 2. The number of hydrazone groups is 1. The maximum absolute atomic E-state index is 11.0. The lowest BCUT2D eigenvalue weighted by atomic mass is 10.2. The highest BCUT2D eigenvalue weighted by Crippen LogP contribution is 2.27. The Kier molecular flexibility index (Phi) is 6.14. The van der Waals surface area contributed by atoms with Gasteiger partial charge in [0.2, 0.25) is 0 Å². The highest BCUT2D eigenvalue weighted by molar-refractivity contribution is 5.85. The minimum absolute atomic E-state index is 0. The fourth-order valence-corrected chi connectivity index (χ4v) is 1.49.